The minimum atomic E-state index is -0.917. The van der Waals surface area contributed by atoms with Gasteiger partial charge in [-0.25, -0.2) is 4.79 Å². The van der Waals surface area contributed by atoms with Crippen molar-refractivity contribution in [3.63, 3.8) is 0 Å². The highest BCUT2D eigenvalue weighted by Gasteiger charge is 2.23. The molecule has 0 aromatic carbocycles. The molecule has 70 valence electrons. The van der Waals surface area contributed by atoms with Gasteiger partial charge in [-0.15, -0.1) is 11.3 Å². The normalized spacial score (nSPS) is 16.9. The van der Waals surface area contributed by atoms with E-state index < -0.39 is 5.97 Å². The van der Waals surface area contributed by atoms with E-state index in [0.717, 1.165) is 4.88 Å². The molecular weight excluding hydrogens is 186 g/mol. The molecule has 0 unspecified atom stereocenters. The van der Waals surface area contributed by atoms with Crippen LogP contribution in [0.25, 0.3) is 0 Å². The Bertz CT molecular complexity index is 341. The molecule has 0 aliphatic heterocycles. The summed E-state index contributed by atoms with van der Waals surface area (Å²) >= 11 is 1.42. The average molecular weight is 197 g/mol. The van der Waals surface area contributed by atoms with E-state index in [9.17, 15) is 4.79 Å². The second-order valence-electron chi connectivity index (χ2n) is 3.36. The predicted molar refractivity (Wildman–Crippen MR) is 52.3 cm³/mol. The van der Waals surface area contributed by atoms with Gasteiger partial charge in [0.1, 0.15) is 5.00 Å². The van der Waals surface area contributed by atoms with Gasteiger partial charge in [-0.05, 0) is 24.8 Å². The van der Waals surface area contributed by atoms with E-state index in [1.54, 1.807) is 6.07 Å². The number of anilines is 1. The van der Waals surface area contributed by atoms with Gasteiger partial charge in [-0.2, -0.15) is 0 Å². The number of carboxylic acids is 1. The summed E-state index contributed by atoms with van der Waals surface area (Å²) in [7, 11) is 0. The lowest BCUT2D eigenvalue weighted by Gasteiger charge is -2.23. The van der Waals surface area contributed by atoms with Crippen LogP contribution in [0.2, 0.25) is 0 Å². The first-order chi connectivity index (χ1) is 6.18. The van der Waals surface area contributed by atoms with Gasteiger partial charge >= 0.3 is 5.97 Å². The molecule has 13 heavy (non-hydrogen) atoms. The maximum Gasteiger partial charge on any atom is 0.338 e. The van der Waals surface area contributed by atoms with Crippen LogP contribution in [0.15, 0.2) is 6.07 Å². The Morgan fingerprint density at radius 3 is 2.69 bits per heavy atom. The summed E-state index contributed by atoms with van der Waals surface area (Å²) in [6, 6.07) is 1.73. The highest BCUT2D eigenvalue weighted by Crippen LogP contribution is 2.41. The molecule has 1 heterocycles. The third-order valence-electron chi connectivity index (χ3n) is 2.52. The molecule has 0 spiro atoms. The molecule has 1 aromatic heterocycles. The number of thiophene rings is 1. The van der Waals surface area contributed by atoms with Crippen LogP contribution in [0.1, 0.15) is 40.4 Å². The van der Waals surface area contributed by atoms with E-state index in [1.807, 2.05) is 0 Å². The van der Waals surface area contributed by atoms with Gasteiger partial charge < -0.3 is 10.8 Å². The van der Waals surface area contributed by atoms with E-state index >= 15 is 0 Å². The Kier molecular flexibility index (Phi) is 2.00. The minimum Gasteiger partial charge on any atom is -0.478 e. The van der Waals surface area contributed by atoms with Crippen LogP contribution in [-0.2, 0) is 0 Å². The van der Waals surface area contributed by atoms with Crippen molar-refractivity contribution in [2.75, 3.05) is 5.73 Å². The van der Waals surface area contributed by atoms with Crippen molar-refractivity contribution < 1.29 is 9.90 Å². The quantitative estimate of drug-likeness (QED) is 0.764. The molecule has 0 bridgehead atoms. The van der Waals surface area contributed by atoms with Crippen LogP contribution in [0, 0.1) is 0 Å². The molecule has 1 aliphatic rings. The fraction of sp³-hybridized carbons (Fsp3) is 0.444. The van der Waals surface area contributed by atoms with Crippen molar-refractivity contribution in [2.24, 2.45) is 0 Å². The molecule has 1 fully saturated rings. The van der Waals surface area contributed by atoms with Crippen LogP contribution < -0.4 is 5.73 Å². The summed E-state index contributed by atoms with van der Waals surface area (Å²) in [6.07, 6.45) is 3.61. The second kappa shape index (κ2) is 3.03. The number of hydrogen-bond donors (Lipinski definition) is 2. The Hall–Kier alpha value is -1.03. The summed E-state index contributed by atoms with van der Waals surface area (Å²) in [5, 5.41) is 9.22. The first-order valence-corrected chi connectivity index (χ1v) is 5.12. The summed E-state index contributed by atoms with van der Waals surface area (Å²) in [4.78, 5) is 11.8. The number of rotatable bonds is 2. The van der Waals surface area contributed by atoms with E-state index in [2.05, 4.69) is 0 Å². The average Bonchev–Trinajstić information content (AvgIpc) is 2.27. The first kappa shape index (κ1) is 8.56. The second-order valence-corrected chi connectivity index (χ2v) is 4.48. The molecule has 4 heteroatoms. The fourth-order valence-electron chi connectivity index (χ4n) is 1.49. The van der Waals surface area contributed by atoms with Crippen LogP contribution in [0.5, 0.6) is 0 Å². The lowest BCUT2D eigenvalue weighted by Crippen LogP contribution is -2.06. The summed E-state index contributed by atoms with van der Waals surface area (Å²) < 4.78 is 0. The molecule has 2 rings (SSSR count). The van der Waals surface area contributed by atoms with Gasteiger partial charge in [0, 0.05) is 4.88 Å². The van der Waals surface area contributed by atoms with Gasteiger partial charge in [-0.3, -0.25) is 0 Å². The number of carboxylic acid groups (broad SMARTS) is 1. The minimum absolute atomic E-state index is 0.270. The van der Waals surface area contributed by atoms with E-state index in [-0.39, 0.29) is 5.56 Å². The topological polar surface area (TPSA) is 63.3 Å². The predicted octanol–water partition coefficient (Wildman–Crippen LogP) is 2.30. The molecule has 0 atom stereocenters. The molecule has 0 saturated heterocycles. The van der Waals surface area contributed by atoms with Crippen molar-refractivity contribution in [1.82, 2.24) is 0 Å². The van der Waals surface area contributed by atoms with E-state index in [1.165, 1.54) is 30.6 Å². The SMILES string of the molecule is Nc1sc(C2CCC2)cc1C(=O)O. The summed E-state index contributed by atoms with van der Waals surface area (Å²) in [6.45, 7) is 0. The lowest BCUT2D eigenvalue weighted by molar-refractivity contribution is 0.0698. The van der Waals surface area contributed by atoms with Crippen LogP contribution in [0.3, 0.4) is 0 Å². The van der Waals surface area contributed by atoms with Crippen molar-refractivity contribution >= 4 is 22.3 Å². The van der Waals surface area contributed by atoms with Gasteiger partial charge in [-0.1, -0.05) is 6.42 Å². The van der Waals surface area contributed by atoms with Gasteiger partial charge in [0.05, 0.1) is 5.56 Å². The highest BCUT2D eigenvalue weighted by molar-refractivity contribution is 7.16. The molecule has 1 aromatic rings. The van der Waals surface area contributed by atoms with Crippen molar-refractivity contribution in [3.8, 4) is 0 Å². The van der Waals surface area contributed by atoms with Gasteiger partial charge in [0.25, 0.3) is 0 Å². The molecular formula is C9H11NO2S. The zero-order chi connectivity index (χ0) is 9.42. The smallest absolute Gasteiger partial charge is 0.338 e. The lowest BCUT2D eigenvalue weighted by atomic mass is 9.84. The van der Waals surface area contributed by atoms with Gasteiger partial charge in [0.2, 0.25) is 0 Å². The largest absolute Gasteiger partial charge is 0.478 e. The number of aromatic carboxylic acids is 1. The third kappa shape index (κ3) is 1.42. The monoisotopic (exact) mass is 197 g/mol. The molecule has 3 N–H and O–H groups in total. The number of carbonyl (C=O) groups is 1. The zero-order valence-corrected chi connectivity index (χ0v) is 7.93. The summed E-state index contributed by atoms with van der Waals surface area (Å²) in [5.74, 6) is -0.347. The zero-order valence-electron chi connectivity index (χ0n) is 7.12. The maximum absolute atomic E-state index is 10.7. The van der Waals surface area contributed by atoms with Crippen molar-refractivity contribution in [2.45, 2.75) is 25.2 Å². The Labute approximate surface area is 80.2 Å². The van der Waals surface area contributed by atoms with Gasteiger partial charge in [0.15, 0.2) is 0 Å². The Morgan fingerprint density at radius 1 is 1.62 bits per heavy atom. The Morgan fingerprint density at radius 2 is 2.31 bits per heavy atom. The Balaban J connectivity index is 2.28. The van der Waals surface area contributed by atoms with Crippen molar-refractivity contribution in [1.29, 1.82) is 0 Å². The molecule has 1 saturated carbocycles. The molecule has 0 radical (unpaired) electrons. The fourth-order valence-corrected chi connectivity index (χ4v) is 2.58. The third-order valence-corrected chi connectivity index (χ3v) is 3.64. The highest BCUT2D eigenvalue weighted by atomic mass is 32.1. The molecule has 1 aliphatic carbocycles. The first-order valence-electron chi connectivity index (χ1n) is 4.31. The number of nitrogens with two attached hydrogens (primary N) is 1. The van der Waals surface area contributed by atoms with Crippen LogP contribution >= 0.6 is 11.3 Å². The summed E-state index contributed by atoms with van der Waals surface area (Å²) in [5.41, 5.74) is 5.87. The van der Waals surface area contributed by atoms with Crippen LogP contribution in [0.4, 0.5) is 5.00 Å². The number of nitrogen functional groups attached to an aromatic ring is 1. The van der Waals surface area contributed by atoms with Crippen LogP contribution in [-0.4, -0.2) is 11.1 Å². The van der Waals surface area contributed by atoms with Crippen molar-refractivity contribution in [3.05, 3.63) is 16.5 Å². The van der Waals surface area contributed by atoms with E-state index in [0.29, 0.717) is 10.9 Å². The molecule has 3 nitrogen and oxygen atoms in total. The van der Waals surface area contributed by atoms with E-state index in [4.69, 9.17) is 10.8 Å². The number of hydrogen-bond acceptors (Lipinski definition) is 3. The molecule has 0 amide bonds. The standard InChI is InChI=1S/C9H11NO2S/c10-8-6(9(11)12)4-7(13-8)5-2-1-3-5/h4-5H,1-3,10H2,(H,11,12). The maximum atomic E-state index is 10.7.